The van der Waals surface area contributed by atoms with E-state index in [2.05, 4.69) is 10.6 Å². The van der Waals surface area contributed by atoms with Crippen molar-refractivity contribution in [2.75, 3.05) is 29.7 Å². The van der Waals surface area contributed by atoms with Crippen LogP contribution in [0.2, 0.25) is 0 Å². The Kier molecular flexibility index (Phi) is 9.32. The number of amides is 2. The summed E-state index contributed by atoms with van der Waals surface area (Å²) in [4.78, 5) is 26.1. The maximum Gasteiger partial charge on any atom is 0.412 e. The number of hydrogen-bond donors (Lipinski definition) is 4. The molecule has 0 heterocycles. The van der Waals surface area contributed by atoms with E-state index in [4.69, 9.17) is 15.2 Å². The lowest BCUT2D eigenvalue weighted by atomic mass is 10.0. The quantitative estimate of drug-likeness (QED) is 0.174. The molecule has 0 aliphatic carbocycles. The predicted molar refractivity (Wildman–Crippen MR) is 139 cm³/mol. The first kappa shape index (κ1) is 26.6. The second kappa shape index (κ2) is 12.6. The van der Waals surface area contributed by atoms with Crippen LogP contribution in [-0.4, -0.2) is 36.6 Å². The van der Waals surface area contributed by atoms with Gasteiger partial charge in [-0.15, -0.1) is 11.8 Å². The zero-order valence-electron chi connectivity index (χ0n) is 19.6. The number of rotatable bonds is 9. The largest absolute Gasteiger partial charge is 0.505 e. The molecule has 188 valence electrons. The molecule has 2 amide bonds. The molecular formula is C26H26FN3O5S. The van der Waals surface area contributed by atoms with Gasteiger partial charge in [-0.3, -0.25) is 10.1 Å². The monoisotopic (exact) mass is 511 g/mol. The van der Waals surface area contributed by atoms with E-state index in [1.807, 2.05) is 18.4 Å². The molecule has 0 unspecified atom stereocenters. The molecule has 3 aromatic rings. The fourth-order valence-electron chi connectivity index (χ4n) is 3.23. The van der Waals surface area contributed by atoms with Gasteiger partial charge in [0.2, 0.25) is 5.91 Å². The molecule has 0 aromatic heterocycles. The zero-order valence-corrected chi connectivity index (χ0v) is 20.4. The van der Waals surface area contributed by atoms with Crippen LogP contribution in [0.25, 0.3) is 0 Å². The number of nitrogens with two attached hydrogens (primary N) is 1. The Morgan fingerprint density at radius 1 is 1.08 bits per heavy atom. The van der Waals surface area contributed by atoms with E-state index in [-0.39, 0.29) is 5.56 Å². The molecule has 10 heteroatoms. The Labute approximate surface area is 212 Å². The minimum absolute atomic E-state index is 0.211. The Hall–Kier alpha value is -4.02. The van der Waals surface area contributed by atoms with Gasteiger partial charge < -0.3 is 25.6 Å². The summed E-state index contributed by atoms with van der Waals surface area (Å²) in [6.45, 7) is 0. The standard InChI is InChI=1S/C26H26FN3O5S/c1-34-23(13-14-24(32)30-21-6-4-3-5-20(21)28)25(16-7-12-22(31)19(27)15-16)35-26(33)29-17-8-10-18(36-2)11-9-17/h3-15,23,25,31H,28H2,1-2H3,(H,29,33)(H,30,32)/b14-13+/t23-,25-/m0/s1. The number of benzene rings is 3. The van der Waals surface area contributed by atoms with Gasteiger partial charge in [0.15, 0.2) is 17.7 Å². The first-order chi connectivity index (χ1) is 17.3. The summed E-state index contributed by atoms with van der Waals surface area (Å²) in [5.74, 6) is -1.95. The molecule has 8 nitrogen and oxygen atoms in total. The number of phenols is 1. The lowest BCUT2D eigenvalue weighted by Gasteiger charge is -2.24. The van der Waals surface area contributed by atoms with Crippen molar-refractivity contribution < 1.29 is 28.6 Å². The number of methoxy groups -OCH3 is 1. The number of nitrogen functional groups attached to an aromatic ring is 1. The van der Waals surface area contributed by atoms with Crippen molar-refractivity contribution >= 4 is 40.8 Å². The number of carbonyl (C=O) groups excluding carboxylic acids is 2. The SMILES string of the molecule is CO[C@@H](/C=C/C(=O)Nc1ccccc1N)[C@@H](OC(=O)Nc1ccc(SC)cc1)c1ccc(O)c(F)c1. The van der Waals surface area contributed by atoms with Crippen LogP contribution in [0.4, 0.5) is 26.2 Å². The number of nitrogens with one attached hydrogen (secondary N) is 2. The van der Waals surface area contributed by atoms with E-state index in [1.54, 1.807) is 48.2 Å². The van der Waals surface area contributed by atoms with Crippen LogP contribution in [-0.2, 0) is 14.3 Å². The zero-order chi connectivity index (χ0) is 26.1. The molecule has 5 N–H and O–H groups in total. The van der Waals surface area contributed by atoms with Crippen LogP contribution in [0, 0.1) is 5.82 Å². The molecule has 0 aliphatic rings. The minimum atomic E-state index is -1.15. The van der Waals surface area contributed by atoms with Crippen LogP contribution in [0.1, 0.15) is 11.7 Å². The van der Waals surface area contributed by atoms with E-state index in [0.717, 1.165) is 17.0 Å². The first-order valence-corrected chi connectivity index (χ1v) is 12.0. The van der Waals surface area contributed by atoms with Crippen molar-refractivity contribution in [3.8, 4) is 5.75 Å². The summed E-state index contributed by atoms with van der Waals surface area (Å²) in [6, 6.07) is 17.4. The fraction of sp³-hybridized carbons (Fsp3) is 0.154. The van der Waals surface area contributed by atoms with Crippen LogP contribution in [0.5, 0.6) is 5.75 Å². The van der Waals surface area contributed by atoms with E-state index in [0.29, 0.717) is 17.1 Å². The Bertz CT molecular complexity index is 1240. The number of para-hydroxylation sites is 2. The first-order valence-electron chi connectivity index (χ1n) is 10.8. The predicted octanol–water partition coefficient (Wildman–Crippen LogP) is 5.34. The maximum absolute atomic E-state index is 14.1. The summed E-state index contributed by atoms with van der Waals surface area (Å²) in [5.41, 5.74) is 7.39. The van der Waals surface area contributed by atoms with E-state index in [1.165, 1.54) is 25.3 Å². The second-order valence-electron chi connectivity index (χ2n) is 7.53. The number of phenolic OH excluding ortho intramolecular Hbond substituents is 1. The lowest BCUT2D eigenvalue weighted by molar-refractivity contribution is -0.112. The summed E-state index contributed by atoms with van der Waals surface area (Å²) < 4.78 is 25.2. The number of aromatic hydroxyl groups is 1. The third-order valence-electron chi connectivity index (χ3n) is 5.10. The summed E-state index contributed by atoms with van der Waals surface area (Å²) in [5, 5.41) is 14.8. The molecular weight excluding hydrogens is 485 g/mol. The van der Waals surface area contributed by atoms with Crippen LogP contribution >= 0.6 is 11.8 Å². The van der Waals surface area contributed by atoms with Gasteiger partial charge in [-0.2, -0.15) is 0 Å². The van der Waals surface area contributed by atoms with Gasteiger partial charge in [0.05, 0.1) is 11.4 Å². The third kappa shape index (κ3) is 7.24. The number of ether oxygens (including phenoxy) is 2. The van der Waals surface area contributed by atoms with Crippen molar-refractivity contribution in [3.05, 3.63) is 90.3 Å². The normalized spacial score (nSPS) is 12.6. The smallest absolute Gasteiger partial charge is 0.412 e. The van der Waals surface area contributed by atoms with Crippen LogP contribution in [0.15, 0.2) is 83.8 Å². The van der Waals surface area contributed by atoms with Gasteiger partial charge in [0.1, 0.15) is 6.10 Å². The number of halogens is 1. The molecule has 0 saturated carbocycles. The van der Waals surface area contributed by atoms with Crippen molar-refractivity contribution in [1.82, 2.24) is 0 Å². The van der Waals surface area contributed by atoms with Gasteiger partial charge in [-0.25, -0.2) is 9.18 Å². The topological polar surface area (TPSA) is 123 Å². The molecule has 0 bridgehead atoms. The van der Waals surface area contributed by atoms with Gasteiger partial charge in [-0.05, 0) is 66.4 Å². The van der Waals surface area contributed by atoms with Crippen molar-refractivity contribution in [1.29, 1.82) is 0 Å². The van der Waals surface area contributed by atoms with Crippen molar-refractivity contribution in [2.24, 2.45) is 0 Å². The van der Waals surface area contributed by atoms with Crippen LogP contribution in [0.3, 0.4) is 0 Å². The Morgan fingerprint density at radius 2 is 1.81 bits per heavy atom. The minimum Gasteiger partial charge on any atom is -0.505 e. The summed E-state index contributed by atoms with van der Waals surface area (Å²) in [7, 11) is 1.36. The van der Waals surface area contributed by atoms with E-state index >= 15 is 0 Å². The van der Waals surface area contributed by atoms with E-state index < -0.39 is 35.8 Å². The molecule has 0 radical (unpaired) electrons. The van der Waals surface area contributed by atoms with Crippen LogP contribution < -0.4 is 16.4 Å². The van der Waals surface area contributed by atoms with Crippen molar-refractivity contribution in [2.45, 2.75) is 17.1 Å². The molecule has 0 fully saturated rings. The molecule has 2 atom stereocenters. The maximum atomic E-state index is 14.1. The molecule has 3 aromatic carbocycles. The van der Waals surface area contributed by atoms with Gasteiger partial charge >= 0.3 is 6.09 Å². The molecule has 0 spiro atoms. The molecule has 3 rings (SSSR count). The number of anilines is 3. The molecule has 0 aliphatic heterocycles. The third-order valence-corrected chi connectivity index (χ3v) is 5.84. The van der Waals surface area contributed by atoms with Crippen molar-refractivity contribution in [3.63, 3.8) is 0 Å². The highest BCUT2D eigenvalue weighted by atomic mass is 32.2. The average Bonchev–Trinajstić information content (AvgIpc) is 2.87. The number of hydrogen-bond acceptors (Lipinski definition) is 7. The highest BCUT2D eigenvalue weighted by Crippen LogP contribution is 2.29. The summed E-state index contributed by atoms with van der Waals surface area (Å²) >= 11 is 1.56. The lowest BCUT2D eigenvalue weighted by Crippen LogP contribution is -2.27. The summed E-state index contributed by atoms with van der Waals surface area (Å²) in [6.07, 6.45) is 1.57. The van der Waals surface area contributed by atoms with Gasteiger partial charge in [0.25, 0.3) is 0 Å². The highest BCUT2D eigenvalue weighted by molar-refractivity contribution is 7.98. The second-order valence-corrected chi connectivity index (χ2v) is 8.41. The van der Waals surface area contributed by atoms with E-state index in [9.17, 15) is 19.1 Å². The average molecular weight is 512 g/mol. The Balaban J connectivity index is 1.80. The van der Waals surface area contributed by atoms with Gasteiger partial charge in [-0.1, -0.05) is 18.2 Å². The number of thioether (sulfide) groups is 1. The number of carbonyl (C=O) groups is 2. The fourth-order valence-corrected chi connectivity index (χ4v) is 3.64. The molecule has 0 saturated heterocycles. The Morgan fingerprint density at radius 3 is 2.44 bits per heavy atom. The molecule has 36 heavy (non-hydrogen) atoms. The van der Waals surface area contributed by atoms with Gasteiger partial charge in [0, 0.05) is 23.8 Å². The highest BCUT2D eigenvalue weighted by Gasteiger charge is 2.27.